The fraction of sp³-hybridized carbons (Fsp3) is 0. The SMILES string of the molecule is O=[N+]([O-])c1cccc(C=NNc2nnc(NN=Cc3cccc([N+](=O)[O-])c3)c3ccccc23)c1. The number of aromatic nitrogens is 2. The molecule has 0 bridgehead atoms. The van der Waals surface area contributed by atoms with Crippen LogP contribution in [0.1, 0.15) is 11.1 Å². The summed E-state index contributed by atoms with van der Waals surface area (Å²) in [5.74, 6) is 0.760. The third-order valence-electron chi connectivity index (χ3n) is 4.62. The molecule has 1 aromatic heterocycles. The molecule has 12 heteroatoms. The first-order valence-corrected chi connectivity index (χ1v) is 9.84. The number of benzene rings is 3. The van der Waals surface area contributed by atoms with Gasteiger partial charge in [-0.05, 0) is 0 Å². The Hall–Kier alpha value is -5.26. The highest BCUT2D eigenvalue weighted by atomic mass is 16.6. The van der Waals surface area contributed by atoms with Crippen LogP contribution in [0.25, 0.3) is 10.8 Å². The third kappa shape index (κ3) is 5.13. The van der Waals surface area contributed by atoms with E-state index in [0.29, 0.717) is 33.5 Å². The van der Waals surface area contributed by atoms with Crippen molar-refractivity contribution in [3.63, 3.8) is 0 Å². The minimum Gasteiger partial charge on any atom is -0.259 e. The lowest BCUT2D eigenvalue weighted by atomic mass is 10.2. The van der Waals surface area contributed by atoms with E-state index in [0.717, 1.165) is 0 Å². The van der Waals surface area contributed by atoms with E-state index in [-0.39, 0.29) is 11.4 Å². The summed E-state index contributed by atoms with van der Waals surface area (Å²) >= 11 is 0. The molecular formula is C22H16N8O4. The molecule has 4 aromatic rings. The first-order chi connectivity index (χ1) is 16.5. The van der Waals surface area contributed by atoms with Gasteiger partial charge in [-0.2, -0.15) is 10.2 Å². The Bertz CT molecular complexity index is 1330. The van der Waals surface area contributed by atoms with E-state index in [1.54, 1.807) is 24.3 Å². The Morgan fingerprint density at radius 1 is 0.676 bits per heavy atom. The van der Waals surface area contributed by atoms with Gasteiger partial charge >= 0.3 is 0 Å². The zero-order valence-corrected chi connectivity index (χ0v) is 17.4. The van der Waals surface area contributed by atoms with Crippen molar-refractivity contribution in [2.75, 3.05) is 10.9 Å². The molecule has 0 spiro atoms. The molecule has 0 fully saturated rings. The van der Waals surface area contributed by atoms with Crippen LogP contribution in [0.15, 0.2) is 83.0 Å². The van der Waals surface area contributed by atoms with Gasteiger partial charge in [0.05, 0.1) is 22.3 Å². The molecule has 4 rings (SSSR count). The molecule has 0 amide bonds. The average molecular weight is 456 g/mol. The first kappa shape index (κ1) is 22.0. The van der Waals surface area contributed by atoms with Gasteiger partial charge < -0.3 is 0 Å². The van der Waals surface area contributed by atoms with E-state index in [2.05, 4.69) is 31.3 Å². The molecular weight excluding hydrogens is 440 g/mol. The van der Waals surface area contributed by atoms with Crippen LogP contribution >= 0.6 is 0 Å². The average Bonchev–Trinajstić information content (AvgIpc) is 2.85. The van der Waals surface area contributed by atoms with Crippen molar-refractivity contribution in [1.29, 1.82) is 0 Å². The largest absolute Gasteiger partial charge is 0.270 e. The fourth-order valence-electron chi connectivity index (χ4n) is 3.04. The van der Waals surface area contributed by atoms with Crippen LogP contribution in [0.5, 0.6) is 0 Å². The summed E-state index contributed by atoms with van der Waals surface area (Å²) < 4.78 is 0. The first-order valence-electron chi connectivity index (χ1n) is 9.84. The summed E-state index contributed by atoms with van der Waals surface area (Å²) in [4.78, 5) is 20.9. The van der Waals surface area contributed by atoms with Crippen LogP contribution in [0.3, 0.4) is 0 Å². The Kier molecular flexibility index (Phi) is 6.40. The zero-order chi connectivity index (χ0) is 23.9. The van der Waals surface area contributed by atoms with E-state index in [4.69, 9.17) is 0 Å². The normalized spacial score (nSPS) is 11.2. The topological polar surface area (TPSA) is 161 Å². The van der Waals surface area contributed by atoms with Gasteiger partial charge in [-0.25, -0.2) is 0 Å². The molecule has 0 saturated carbocycles. The van der Waals surface area contributed by atoms with E-state index in [1.807, 2.05) is 24.3 Å². The maximum absolute atomic E-state index is 10.9. The van der Waals surface area contributed by atoms with E-state index in [1.165, 1.54) is 36.7 Å². The van der Waals surface area contributed by atoms with Gasteiger partial charge in [0.25, 0.3) is 11.4 Å². The van der Waals surface area contributed by atoms with Crippen LogP contribution in [0, 0.1) is 20.2 Å². The summed E-state index contributed by atoms with van der Waals surface area (Å²) in [6.07, 6.45) is 2.89. The van der Waals surface area contributed by atoms with Gasteiger partial charge in [0.2, 0.25) is 0 Å². The summed E-state index contributed by atoms with van der Waals surface area (Å²) in [5.41, 5.74) is 6.65. The van der Waals surface area contributed by atoms with Gasteiger partial charge in [-0.1, -0.05) is 48.5 Å². The van der Waals surface area contributed by atoms with Crippen molar-refractivity contribution < 1.29 is 9.85 Å². The fourth-order valence-corrected chi connectivity index (χ4v) is 3.04. The maximum Gasteiger partial charge on any atom is 0.270 e. The molecule has 168 valence electrons. The Labute approximate surface area is 192 Å². The third-order valence-corrected chi connectivity index (χ3v) is 4.62. The van der Waals surface area contributed by atoms with Crippen LogP contribution < -0.4 is 10.9 Å². The molecule has 1 heterocycles. The number of non-ortho nitro benzene ring substituents is 2. The van der Waals surface area contributed by atoms with Gasteiger partial charge in [-0.3, -0.25) is 31.1 Å². The van der Waals surface area contributed by atoms with Gasteiger partial charge in [0.15, 0.2) is 11.6 Å². The van der Waals surface area contributed by atoms with E-state index in [9.17, 15) is 20.2 Å². The van der Waals surface area contributed by atoms with E-state index < -0.39 is 9.85 Å². The minimum atomic E-state index is -0.475. The summed E-state index contributed by atoms with van der Waals surface area (Å²) in [6.45, 7) is 0. The molecule has 0 aliphatic rings. The molecule has 0 saturated heterocycles. The van der Waals surface area contributed by atoms with Gasteiger partial charge in [-0.15, -0.1) is 10.2 Å². The van der Waals surface area contributed by atoms with Crippen molar-refractivity contribution in [2.24, 2.45) is 10.2 Å². The molecule has 0 aliphatic heterocycles. The van der Waals surface area contributed by atoms with Crippen LogP contribution in [0.4, 0.5) is 23.0 Å². The van der Waals surface area contributed by atoms with Crippen molar-refractivity contribution >= 4 is 46.2 Å². The molecule has 34 heavy (non-hydrogen) atoms. The second-order valence-electron chi connectivity index (χ2n) is 6.89. The molecule has 12 nitrogen and oxygen atoms in total. The van der Waals surface area contributed by atoms with Gasteiger partial charge in [0.1, 0.15) is 0 Å². The number of hydrogen-bond donors (Lipinski definition) is 2. The Balaban J connectivity index is 1.52. The quantitative estimate of drug-likeness (QED) is 0.225. The highest BCUT2D eigenvalue weighted by molar-refractivity contribution is 5.98. The zero-order valence-electron chi connectivity index (χ0n) is 17.4. The predicted octanol–water partition coefficient (Wildman–Crippen LogP) is 4.34. The molecule has 3 aromatic carbocycles. The van der Waals surface area contributed by atoms with Crippen LogP contribution in [-0.4, -0.2) is 32.5 Å². The van der Waals surface area contributed by atoms with E-state index >= 15 is 0 Å². The number of nitrogens with one attached hydrogen (secondary N) is 2. The highest BCUT2D eigenvalue weighted by Gasteiger charge is 2.09. The number of hydrogen-bond acceptors (Lipinski definition) is 10. The van der Waals surface area contributed by atoms with Crippen LogP contribution in [0.2, 0.25) is 0 Å². The molecule has 0 radical (unpaired) electrons. The minimum absolute atomic E-state index is 0.0321. The number of rotatable bonds is 8. The van der Waals surface area contributed by atoms with Crippen molar-refractivity contribution in [2.45, 2.75) is 0 Å². The highest BCUT2D eigenvalue weighted by Crippen LogP contribution is 2.26. The van der Waals surface area contributed by atoms with Crippen LogP contribution in [-0.2, 0) is 0 Å². The maximum atomic E-state index is 10.9. The number of anilines is 2. The monoisotopic (exact) mass is 456 g/mol. The Morgan fingerprint density at radius 2 is 1.12 bits per heavy atom. The second-order valence-corrected chi connectivity index (χ2v) is 6.89. The summed E-state index contributed by atoms with van der Waals surface area (Å²) in [7, 11) is 0. The number of nitro groups is 2. The standard InChI is InChI=1S/C22H16N8O4/c31-29(32)17-7-3-5-15(11-17)13-23-25-21-19-9-1-2-10-20(19)22(28-27-21)26-24-14-16-6-4-8-18(12-16)30(33)34/h1-14H,(H,25,27)(H,26,28). The predicted molar refractivity (Wildman–Crippen MR) is 128 cm³/mol. The Morgan fingerprint density at radius 3 is 1.53 bits per heavy atom. The van der Waals surface area contributed by atoms with Crippen molar-refractivity contribution in [1.82, 2.24) is 10.2 Å². The summed E-state index contributed by atoms with van der Waals surface area (Å²) in [5, 5.41) is 39.7. The number of hydrazone groups is 2. The van der Waals surface area contributed by atoms with Crippen molar-refractivity contribution in [3.8, 4) is 0 Å². The van der Waals surface area contributed by atoms with Gasteiger partial charge in [0, 0.05) is 46.2 Å². The second kappa shape index (κ2) is 9.91. The molecule has 0 aliphatic carbocycles. The number of fused-ring (bicyclic) bond motifs is 1. The molecule has 0 atom stereocenters. The molecule has 2 N–H and O–H groups in total. The number of nitro benzene ring substituents is 2. The molecule has 0 unspecified atom stereocenters. The summed E-state index contributed by atoms with van der Waals surface area (Å²) in [6, 6.07) is 19.4. The lowest BCUT2D eigenvalue weighted by Gasteiger charge is -2.08. The van der Waals surface area contributed by atoms with Crippen molar-refractivity contribution in [3.05, 3.63) is 104 Å². The lowest BCUT2D eigenvalue weighted by molar-refractivity contribution is -0.385. The smallest absolute Gasteiger partial charge is 0.259 e. The lowest BCUT2D eigenvalue weighted by Crippen LogP contribution is -2.01. The number of nitrogens with zero attached hydrogens (tertiary/aromatic N) is 6.